The quantitative estimate of drug-likeness (QED) is 0.798. The second-order valence-corrected chi connectivity index (χ2v) is 7.44. The summed E-state index contributed by atoms with van der Waals surface area (Å²) < 4.78 is 0. The Kier molecular flexibility index (Phi) is 6.93. The fourth-order valence-corrected chi connectivity index (χ4v) is 3.74. The molecule has 0 aliphatic carbocycles. The van der Waals surface area contributed by atoms with Gasteiger partial charge in [-0.25, -0.2) is 0 Å². The summed E-state index contributed by atoms with van der Waals surface area (Å²) in [4.78, 5) is 7.68. The van der Waals surface area contributed by atoms with E-state index < -0.39 is 0 Å². The maximum absolute atomic E-state index is 3.78. The third-order valence-corrected chi connectivity index (χ3v) is 5.43. The number of hydrogen-bond donors (Lipinski definition) is 1. The lowest BCUT2D eigenvalue weighted by Crippen LogP contribution is -2.54. The molecule has 2 heterocycles. The molecule has 4 heteroatoms. The molecule has 2 unspecified atom stereocenters. The SMILES string of the molecule is CC(C)C(CNCC1CCCCN1C)N1CCN(C)CC1. The van der Waals surface area contributed by atoms with E-state index >= 15 is 0 Å². The van der Waals surface area contributed by atoms with Gasteiger partial charge in [-0.15, -0.1) is 0 Å². The Morgan fingerprint density at radius 3 is 2.33 bits per heavy atom. The Morgan fingerprint density at radius 1 is 1.00 bits per heavy atom. The predicted octanol–water partition coefficient (Wildman–Crippen LogP) is 1.33. The van der Waals surface area contributed by atoms with Crippen LogP contribution in [0.5, 0.6) is 0 Å². The van der Waals surface area contributed by atoms with Gasteiger partial charge < -0.3 is 15.1 Å². The number of piperazine rings is 1. The smallest absolute Gasteiger partial charge is 0.0244 e. The first-order valence-corrected chi connectivity index (χ1v) is 8.91. The molecule has 4 nitrogen and oxygen atoms in total. The zero-order valence-corrected chi connectivity index (χ0v) is 14.6. The highest BCUT2D eigenvalue weighted by molar-refractivity contribution is 4.83. The number of nitrogens with one attached hydrogen (secondary N) is 1. The number of piperidine rings is 1. The fourth-order valence-electron chi connectivity index (χ4n) is 3.74. The van der Waals surface area contributed by atoms with Crippen LogP contribution < -0.4 is 5.32 Å². The second kappa shape index (κ2) is 8.47. The van der Waals surface area contributed by atoms with E-state index in [1.807, 2.05) is 0 Å². The molecule has 0 spiro atoms. The monoisotopic (exact) mass is 296 g/mol. The van der Waals surface area contributed by atoms with Crippen molar-refractivity contribution in [1.29, 1.82) is 0 Å². The van der Waals surface area contributed by atoms with E-state index in [4.69, 9.17) is 0 Å². The first-order chi connectivity index (χ1) is 10.1. The molecule has 0 amide bonds. The molecule has 0 bridgehead atoms. The van der Waals surface area contributed by atoms with E-state index in [0.717, 1.165) is 25.0 Å². The van der Waals surface area contributed by atoms with Crippen LogP contribution in [0, 0.1) is 5.92 Å². The standard InChI is InChI=1S/C17H36N4/c1-15(2)17(21-11-9-19(3)10-12-21)14-18-13-16-7-5-6-8-20(16)4/h15-18H,5-14H2,1-4H3. The Labute approximate surface area is 131 Å². The summed E-state index contributed by atoms with van der Waals surface area (Å²) in [5.74, 6) is 0.727. The molecule has 0 radical (unpaired) electrons. The molecule has 0 saturated carbocycles. The molecule has 2 saturated heterocycles. The summed E-state index contributed by atoms with van der Waals surface area (Å²) in [5.41, 5.74) is 0. The van der Waals surface area contributed by atoms with E-state index in [0.29, 0.717) is 6.04 Å². The van der Waals surface area contributed by atoms with Crippen LogP contribution in [0.3, 0.4) is 0 Å². The van der Waals surface area contributed by atoms with Crippen molar-refractivity contribution in [1.82, 2.24) is 20.0 Å². The van der Waals surface area contributed by atoms with Gasteiger partial charge in [0.15, 0.2) is 0 Å². The largest absolute Gasteiger partial charge is 0.314 e. The third kappa shape index (κ3) is 5.20. The van der Waals surface area contributed by atoms with Crippen LogP contribution in [0.2, 0.25) is 0 Å². The van der Waals surface area contributed by atoms with Crippen LogP contribution in [0.1, 0.15) is 33.1 Å². The van der Waals surface area contributed by atoms with E-state index in [1.54, 1.807) is 0 Å². The van der Waals surface area contributed by atoms with Crippen molar-refractivity contribution >= 4 is 0 Å². The first-order valence-electron chi connectivity index (χ1n) is 8.91. The molecule has 0 aromatic carbocycles. The van der Waals surface area contributed by atoms with Gasteiger partial charge in [0.1, 0.15) is 0 Å². The van der Waals surface area contributed by atoms with E-state index in [9.17, 15) is 0 Å². The lowest BCUT2D eigenvalue weighted by Gasteiger charge is -2.40. The number of likely N-dealkylation sites (tertiary alicyclic amines) is 1. The maximum atomic E-state index is 3.78. The van der Waals surface area contributed by atoms with Crippen LogP contribution in [-0.2, 0) is 0 Å². The average Bonchev–Trinajstić information content (AvgIpc) is 2.46. The van der Waals surface area contributed by atoms with Gasteiger partial charge in [-0.1, -0.05) is 20.3 Å². The normalized spacial score (nSPS) is 28.1. The molecule has 2 rings (SSSR count). The van der Waals surface area contributed by atoms with Crippen molar-refractivity contribution in [3.05, 3.63) is 0 Å². The second-order valence-electron chi connectivity index (χ2n) is 7.44. The average molecular weight is 297 g/mol. The van der Waals surface area contributed by atoms with Gasteiger partial charge in [-0.3, -0.25) is 4.90 Å². The van der Waals surface area contributed by atoms with Crippen molar-refractivity contribution in [2.75, 3.05) is 59.9 Å². The number of nitrogens with zero attached hydrogens (tertiary/aromatic N) is 3. The van der Waals surface area contributed by atoms with Gasteiger partial charge in [0.25, 0.3) is 0 Å². The zero-order valence-electron chi connectivity index (χ0n) is 14.6. The lowest BCUT2D eigenvalue weighted by molar-refractivity contribution is 0.0854. The van der Waals surface area contributed by atoms with Gasteiger partial charge in [0.05, 0.1) is 0 Å². The zero-order chi connectivity index (χ0) is 15.2. The van der Waals surface area contributed by atoms with E-state index in [1.165, 1.54) is 52.0 Å². The van der Waals surface area contributed by atoms with Crippen LogP contribution in [0.15, 0.2) is 0 Å². The molecular weight excluding hydrogens is 260 g/mol. The van der Waals surface area contributed by atoms with Crippen LogP contribution >= 0.6 is 0 Å². The minimum Gasteiger partial charge on any atom is -0.314 e. The molecule has 2 fully saturated rings. The summed E-state index contributed by atoms with van der Waals surface area (Å²) in [6, 6.07) is 1.44. The molecule has 2 aliphatic rings. The Balaban J connectivity index is 1.75. The Morgan fingerprint density at radius 2 is 1.71 bits per heavy atom. The Hall–Kier alpha value is -0.160. The summed E-state index contributed by atoms with van der Waals surface area (Å²) in [6.07, 6.45) is 4.15. The van der Waals surface area contributed by atoms with Gasteiger partial charge in [-0.05, 0) is 39.4 Å². The topological polar surface area (TPSA) is 21.8 Å². The highest BCUT2D eigenvalue weighted by Crippen LogP contribution is 2.15. The molecule has 21 heavy (non-hydrogen) atoms. The highest BCUT2D eigenvalue weighted by Gasteiger charge is 2.25. The molecule has 0 aromatic rings. The van der Waals surface area contributed by atoms with Crippen LogP contribution in [0.25, 0.3) is 0 Å². The number of likely N-dealkylation sites (N-methyl/N-ethyl adjacent to an activating group) is 2. The Bertz CT molecular complexity index is 287. The van der Waals surface area contributed by atoms with Gasteiger partial charge in [0.2, 0.25) is 0 Å². The minimum atomic E-state index is 0.688. The van der Waals surface area contributed by atoms with Crippen molar-refractivity contribution in [3.63, 3.8) is 0 Å². The highest BCUT2D eigenvalue weighted by atomic mass is 15.3. The molecule has 1 N–H and O–H groups in total. The summed E-state index contributed by atoms with van der Waals surface area (Å²) in [7, 11) is 4.52. The minimum absolute atomic E-state index is 0.688. The number of rotatable bonds is 6. The van der Waals surface area contributed by atoms with Crippen molar-refractivity contribution < 1.29 is 0 Å². The maximum Gasteiger partial charge on any atom is 0.0244 e. The summed E-state index contributed by atoms with van der Waals surface area (Å²) in [5, 5.41) is 3.78. The first kappa shape index (κ1) is 17.2. The van der Waals surface area contributed by atoms with Crippen molar-refractivity contribution in [3.8, 4) is 0 Å². The van der Waals surface area contributed by atoms with Crippen LogP contribution in [0.4, 0.5) is 0 Å². The van der Waals surface area contributed by atoms with Gasteiger partial charge in [0, 0.05) is 51.4 Å². The molecule has 124 valence electrons. The van der Waals surface area contributed by atoms with Crippen molar-refractivity contribution in [2.45, 2.75) is 45.2 Å². The van der Waals surface area contributed by atoms with Gasteiger partial charge >= 0.3 is 0 Å². The van der Waals surface area contributed by atoms with E-state index in [-0.39, 0.29) is 0 Å². The fraction of sp³-hybridized carbons (Fsp3) is 1.00. The van der Waals surface area contributed by atoms with Crippen LogP contribution in [-0.4, -0.2) is 86.7 Å². The van der Waals surface area contributed by atoms with Gasteiger partial charge in [-0.2, -0.15) is 0 Å². The third-order valence-electron chi connectivity index (χ3n) is 5.43. The lowest BCUT2D eigenvalue weighted by atomic mass is 10.00. The molecule has 2 aliphatic heterocycles. The number of hydrogen-bond acceptors (Lipinski definition) is 4. The molecule has 2 atom stereocenters. The molecule has 0 aromatic heterocycles. The predicted molar refractivity (Wildman–Crippen MR) is 90.8 cm³/mol. The van der Waals surface area contributed by atoms with E-state index in [2.05, 4.69) is 48.0 Å². The summed E-state index contributed by atoms with van der Waals surface area (Å²) >= 11 is 0. The molecular formula is C17H36N4. The van der Waals surface area contributed by atoms with Crippen molar-refractivity contribution in [2.24, 2.45) is 5.92 Å². The summed E-state index contributed by atoms with van der Waals surface area (Å²) in [6.45, 7) is 13.2.